The molecular weight excluding hydrogens is 290 g/mol. The maximum absolute atomic E-state index is 12.8. The van der Waals surface area contributed by atoms with Crippen molar-refractivity contribution in [2.45, 2.75) is 76.6 Å². The number of nitrogens with zero attached hydrogens (tertiary/aromatic N) is 2. The zero-order chi connectivity index (χ0) is 16.2. The highest BCUT2D eigenvalue weighted by molar-refractivity contribution is 5.78. The van der Waals surface area contributed by atoms with Crippen molar-refractivity contribution in [1.82, 2.24) is 15.1 Å². The van der Waals surface area contributed by atoms with E-state index in [4.69, 9.17) is 4.74 Å². The Morgan fingerprint density at radius 1 is 1.13 bits per heavy atom. The second kappa shape index (κ2) is 7.95. The van der Waals surface area contributed by atoms with Gasteiger partial charge < -0.3 is 15.0 Å². The normalized spacial score (nSPS) is 30.5. The molecule has 2 atom stereocenters. The highest BCUT2D eigenvalue weighted by atomic mass is 16.5. The molecule has 5 heteroatoms. The number of carbonyl (C=O) groups is 1. The van der Waals surface area contributed by atoms with Gasteiger partial charge >= 0.3 is 0 Å². The molecule has 0 aromatic heterocycles. The Hall–Kier alpha value is -0.650. The van der Waals surface area contributed by atoms with Crippen LogP contribution in [-0.4, -0.2) is 72.7 Å². The maximum Gasteiger partial charge on any atom is 0.237 e. The largest absolute Gasteiger partial charge is 0.374 e. The number of nitrogens with one attached hydrogen (secondary N) is 1. The molecule has 0 aromatic rings. The Kier molecular flexibility index (Phi) is 5.94. The van der Waals surface area contributed by atoms with Crippen LogP contribution in [0.2, 0.25) is 0 Å². The lowest BCUT2D eigenvalue weighted by molar-refractivity contribution is -0.150. The zero-order valence-electron chi connectivity index (χ0n) is 14.8. The van der Waals surface area contributed by atoms with Crippen molar-refractivity contribution in [3.8, 4) is 0 Å². The lowest BCUT2D eigenvalue weighted by Crippen LogP contribution is -2.57. The molecule has 132 valence electrons. The molecule has 3 aliphatic rings. The van der Waals surface area contributed by atoms with Crippen LogP contribution in [0.1, 0.15) is 52.4 Å². The number of hydrogen-bond acceptors (Lipinski definition) is 4. The summed E-state index contributed by atoms with van der Waals surface area (Å²) in [5, 5.41) is 3.62. The van der Waals surface area contributed by atoms with Gasteiger partial charge in [0.05, 0.1) is 25.3 Å². The summed E-state index contributed by atoms with van der Waals surface area (Å²) in [6.07, 6.45) is 7.33. The van der Waals surface area contributed by atoms with Crippen molar-refractivity contribution in [2.24, 2.45) is 0 Å². The molecule has 2 unspecified atom stereocenters. The van der Waals surface area contributed by atoms with Crippen LogP contribution in [0.5, 0.6) is 0 Å². The summed E-state index contributed by atoms with van der Waals surface area (Å²) in [4.78, 5) is 17.3. The minimum atomic E-state index is 0.294. The van der Waals surface area contributed by atoms with Crippen LogP contribution in [0.15, 0.2) is 0 Å². The van der Waals surface area contributed by atoms with Crippen molar-refractivity contribution in [2.75, 3.05) is 32.8 Å². The molecule has 2 saturated heterocycles. The van der Waals surface area contributed by atoms with Crippen LogP contribution in [-0.2, 0) is 9.53 Å². The quantitative estimate of drug-likeness (QED) is 0.854. The fourth-order valence-electron chi connectivity index (χ4n) is 4.42. The molecule has 0 radical (unpaired) electrons. The molecular formula is C18H33N3O2. The van der Waals surface area contributed by atoms with Gasteiger partial charge in [0.1, 0.15) is 0 Å². The van der Waals surface area contributed by atoms with Crippen LogP contribution >= 0.6 is 0 Å². The topological polar surface area (TPSA) is 44.8 Å². The fraction of sp³-hybridized carbons (Fsp3) is 0.944. The number of morpholine rings is 1. The second-order valence-electron chi connectivity index (χ2n) is 7.72. The molecule has 2 heterocycles. The van der Waals surface area contributed by atoms with E-state index in [9.17, 15) is 4.79 Å². The van der Waals surface area contributed by atoms with Crippen molar-refractivity contribution in [3.05, 3.63) is 0 Å². The summed E-state index contributed by atoms with van der Waals surface area (Å²) in [7, 11) is 0. The molecule has 0 spiro atoms. The van der Waals surface area contributed by atoms with Gasteiger partial charge in [-0.1, -0.05) is 26.7 Å². The highest BCUT2D eigenvalue weighted by Gasteiger charge is 2.37. The molecule has 5 nitrogen and oxygen atoms in total. The first-order valence-corrected chi connectivity index (χ1v) is 9.53. The third kappa shape index (κ3) is 4.46. The number of carbonyl (C=O) groups excluding carboxylic acids is 1. The molecule has 0 aromatic carbocycles. The Morgan fingerprint density at radius 3 is 2.61 bits per heavy atom. The molecule has 1 N–H and O–H groups in total. The Balaban J connectivity index is 1.47. The van der Waals surface area contributed by atoms with Gasteiger partial charge in [0.25, 0.3) is 0 Å². The van der Waals surface area contributed by atoms with E-state index in [1.165, 1.54) is 12.8 Å². The lowest BCUT2D eigenvalue weighted by atomic mass is 9.90. The van der Waals surface area contributed by atoms with E-state index in [0.717, 1.165) is 45.3 Å². The van der Waals surface area contributed by atoms with Crippen LogP contribution in [0.25, 0.3) is 0 Å². The predicted octanol–water partition coefficient (Wildman–Crippen LogP) is 1.62. The minimum Gasteiger partial charge on any atom is -0.374 e. The van der Waals surface area contributed by atoms with Crippen LogP contribution in [0.4, 0.5) is 0 Å². The summed E-state index contributed by atoms with van der Waals surface area (Å²) in [6.45, 7) is 8.57. The first-order valence-electron chi connectivity index (χ1n) is 9.53. The summed E-state index contributed by atoms with van der Waals surface area (Å²) in [5.41, 5.74) is 0. The zero-order valence-corrected chi connectivity index (χ0v) is 14.8. The van der Waals surface area contributed by atoms with Gasteiger partial charge in [-0.25, -0.2) is 0 Å². The van der Waals surface area contributed by atoms with E-state index in [-0.39, 0.29) is 0 Å². The third-order valence-electron chi connectivity index (χ3n) is 5.57. The SMILES string of the molecule is CC(C)NC1CCN(CC(=O)N2CCOC3CCCCC32)CC1. The molecule has 2 aliphatic heterocycles. The van der Waals surface area contributed by atoms with E-state index >= 15 is 0 Å². The van der Waals surface area contributed by atoms with E-state index in [0.29, 0.717) is 43.3 Å². The number of amides is 1. The highest BCUT2D eigenvalue weighted by Crippen LogP contribution is 2.28. The molecule has 1 amide bonds. The van der Waals surface area contributed by atoms with Gasteiger partial charge in [0, 0.05) is 31.7 Å². The molecule has 23 heavy (non-hydrogen) atoms. The number of ether oxygens (including phenoxy) is 1. The molecule has 3 fully saturated rings. The van der Waals surface area contributed by atoms with Crippen molar-refractivity contribution in [3.63, 3.8) is 0 Å². The number of fused-ring (bicyclic) bond motifs is 1. The number of rotatable bonds is 4. The first kappa shape index (κ1) is 17.2. The average molecular weight is 323 g/mol. The lowest BCUT2D eigenvalue weighted by Gasteiger charge is -2.44. The van der Waals surface area contributed by atoms with Gasteiger partial charge in [-0.2, -0.15) is 0 Å². The maximum atomic E-state index is 12.8. The monoisotopic (exact) mass is 323 g/mol. The van der Waals surface area contributed by atoms with E-state index < -0.39 is 0 Å². The second-order valence-corrected chi connectivity index (χ2v) is 7.72. The Labute approximate surface area is 140 Å². The van der Waals surface area contributed by atoms with Gasteiger partial charge in [0.15, 0.2) is 0 Å². The van der Waals surface area contributed by atoms with Crippen LogP contribution in [0.3, 0.4) is 0 Å². The fourth-order valence-corrected chi connectivity index (χ4v) is 4.42. The van der Waals surface area contributed by atoms with Crippen LogP contribution < -0.4 is 5.32 Å². The predicted molar refractivity (Wildman–Crippen MR) is 91.4 cm³/mol. The Morgan fingerprint density at radius 2 is 1.87 bits per heavy atom. The molecule has 1 saturated carbocycles. The van der Waals surface area contributed by atoms with Gasteiger partial charge in [-0.15, -0.1) is 0 Å². The summed E-state index contributed by atoms with van der Waals surface area (Å²) in [6, 6.07) is 1.50. The van der Waals surface area contributed by atoms with Crippen molar-refractivity contribution >= 4 is 5.91 Å². The molecule has 1 aliphatic carbocycles. The minimum absolute atomic E-state index is 0.294. The number of hydrogen-bond donors (Lipinski definition) is 1. The average Bonchev–Trinajstić information content (AvgIpc) is 2.55. The van der Waals surface area contributed by atoms with Gasteiger partial charge in [-0.05, 0) is 25.7 Å². The standard InChI is InChI=1S/C18H33N3O2/c1-14(2)19-15-7-9-20(10-8-15)13-18(22)21-11-12-23-17-6-4-3-5-16(17)21/h14-17,19H,3-13H2,1-2H3. The summed E-state index contributed by atoms with van der Waals surface area (Å²) in [5.74, 6) is 0.320. The number of likely N-dealkylation sites (tertiary alicyclic amines) is 1. The van der Waals surface area contributed by atoms with E-state index in [1.807, 2.05) is 0 Å². The van der Waals surface area contributed by atoms with Crippen LogP contribution in [0, 0.1) is 0 Å². The first-order chi connectivity index (χ1) is 11.1. The van der Waals surface area contributed by atoms with Crippen molar-refractivity contribution in [1.29, 1.82) is 0 Å². The van der Waals surface area contributed by atoms with E-state index in [1.54, 1.807) is 0 Å². The van der Waals surface area contributed by atoms with Crippen molar-refractivity contribution < 1.29 is 9.53 Å². The summed E-state index contributed by atoms with van der Waals surface area (Å²) >= 11 is 0. The summed E-state index contributed by atoms with van der Waals surface area (Å²) < 4.78 is 5.89. The Bertz CT molecular complexity index is 392. The smallest absolute Gasteiger partial charge is 0.237 e. The van der Waals surface area contributed by atoms with Gasteiger partial charge in [0.2, 0.25) is 5.91 Å². The number of piperidine rings is 1. The molecule has 3 rings (SSSR count). The van der Waals surface area contributed by atoms with Gasteiger partial charge in [-0.3, -0.25) is 9.69 Å². The van der Waals surface area contributed by atoms with E-state index in [2.05, 4.69) is 29.0 Å². The third-order valence-corrected chi connectivity index (χ3v) is 5.57. The molecule has 0 bridgehead atoms.